The van der Waals surface area contributed by atoms with Crippen LogP contribution in [0.25, 0.3) is 6.08 Å². The highest BCUT2D eigenvalue weighted by Crippen LogP contribution is 2.51. The molecule has 0 aliphatic heterocycles. The minimum atomic E-state index is -1.92. The van der Waals surface area contributed by atoms with Gasteiger partial charge in [-0.05, 0) is 54.1 Å². The average Bonchev–Trinajstić information content (AvgIpc) is 3.30. The van der Waals surface area contributed by atoms with Crippen LogP contribution in [0.1, 0.15) is 90.6 Å². The van der Waals surface area contributed by atoms with Gasteiger partial charge < -0.3 is 8.84 Å². The number of hydrogen-bond acceptors (Lipinski definition) is 3. The maximum atomic E-state index is 13.7. The van der Waals surface area contributed by atoms with Gasteiger partial charge in [-0.2, -0.15) is 0 Å². The van der Waals surface area contributed by atoms with Gasteiger partial charge in [0.05, 0.1) is 12.4 Å². The van der Waals surface area contributed by atoms with E-state index in [4.69, 9.17) is 8.84 Å². The first-order valence-corrected chi connectivity index (χ1v) is 14.1. The first-order valence-electron chi connectivity index (χ1n) is 11.2. The Morgan fingerprint density at radius 3 is 2.61 bits per heavy atom. The number of ketones is 1. The molecule has 0 radical (unpaired) electrons. The normalized spacial score (nSPS) is 22.6. The lowest BCUT2D eigenvalue weighted by atomic mass is 9.65. The Hall–Kier alpha value is -2.17. The predicted molar refractivity (Wildman–Crippen MR) is 129 cm³/mol. The summed E-state index contributed by atoms with van der Waals surface area (Å²) in [5.74, 6) is 0.443. The molecule has 1 aromatic heterocycles. The van der Waals surface area contributed by atoms with E-state index in [0.717, 1.165) is 47.1 Å². The molecule has 2 aliphatic carbocycles. The fraction of sp³-hybridized carbons (Fsp3) is 0.444. The van der Waals surface area contributed by atoms with Crippen LogP contribution >= 0.6 is 0 Å². The maximum absolute atomic E-state index is 13.7. The van der Waals surface area contributed by atoms with Gasteiger partial charge in [-0.15, -0.1) is 6.58 Å². The van der Waals surface area contributed by atoms with Crippen molar-refractivity contribution in [2.24, 2.45) is 0 Å². The second-order valence-corrected chi connectivity index (χ2v) is 15.5. The number of rotatable bonds is 5. The van der Waals surface area contributed by atoms with Crippen molar-refractivity contribution in [1.82, 2.24) is 0 Å². The Labute approximate surface area is 187 Å². The SMILES string of the molecule is C=CCC1(C)c2ccc3c(c2C(=O)c2occ(C=C)c21)CCC3O[Si](C)(C)C(C)(C)C. The van der Waals surface area contributed by atoms with Gasteiger partial charge in [0.15, 0.2) is 14.1 Å². The number of benzene rings is 1. The Morgan fingerprint density at radius 2 is 2.00 bits per heavy atom. The average molecular weight is 435 g/mol. The number of hydrogen-bond donors (Lipinski definition) is 0. The van der Waals surface area contributed by atoms with Crippen LogP contribution in [-0.2, 0) is 16.3 Å². The largest absolute Gasteiger partial charge is 0.460 e. The topological polar surface area (TPSA) is 39.4 Å². The third-order valence-electron chi connectivity index (χ3n) is 7.77. The number of fused-ring (bicyclic) bond motifs is 4. The van der Waals surface area contributed by atoms with E-state index in [9.17, 15) is 4.79 Å². The van der Waals surface area contributed by atoms with Crippen molar-refractivity contribution < 1.29 is 13.6 Å². The number of furan rings is 1. The van der Waals surface area contributed by atoms with E-state index in [-0.39, 0.29) is 22.3 Å². The number of carbonyl (C=O) groups is 1. The lowest BCUT2D eigenvalue weighted by Crippen LogP contribution is -2.41. The van der Waals surface area contributed by atoms with Crippen molar-refractivity contribution in [1.29, 1.82) is 0 Å². The molecule has 4 rings (SSSR count). The highest BCUT2D eigenvalue weighted by molar-refractivity contribution is 6.74. The Morgan fingerprint density at radius 1 is 1.29 bits per heavy atom. The van der Waals surface area contributed by atoms with Gasteiger partial charge >= 0.3 is 0 Å². The lowest BCUT2D eigenvalue weighted by molar-refractivity contribution is 0.0998. The quantitative estimate of drug-likeness (QED) is 0.364. The van der Waals surface area contributed by atoms with Gasteiger partial charge in [0.25, 0.3) is 0 Å². The summed E-state index contributed by atoms with van der Waals surface area (Å²) in [5.41, 5.74) is 5.66. The molecule has 0 spiro atoms. The van der Waals surface area contributed by atoms with Crippen molar-refractivity contribution in [2.75, 3.05) is 0 Å². The van der Waals surface area contributed by atoms with E-state index in [0.29, 0.717) is 5.76 Å². The highest BCUT2D eigenvalue weighted by atomic mass is 28.4. The van der Waals surface area contributed by atoms with Crippen LogP contribution < -0.4 is 0 Å². The Balaban J connectivity index is 1.86. The van der Waals surface area contributed by atoms with Crippen molar-refractivity contribution in [3.8, 4) is 0 Å². The summed E-state index contributed by atoms with van der Waals surface area (Å²) in [7, 11) is -1.92. The molecule has 0 amide bonds. The molecule has 0 saturated heterocycles. The second-order valence-electron chi connectivity index (χ2n) is 10.7. The molecule has 2 aromatic rings. The third-order valence-corrected chi connectivity index (χ3v) is 12.3. The molecule has 31 heavy (non-hydrogen) atoms. The number of carbonyl (C=O) groups excluding carboxylic acids is 1. The molecule has 0 N–H and O–H groups in total. The summed E-state index contributed by atoms with van der Waals surface area (Å²) in [6, 6.07) is 4.35. The minimum Gasteiger partial charge on any atom is -0.460 e. The standard InChI is InChI=1S/C27H34O3Si/c1-9-15-27(6)20-13-11-18-19(12-14-21(18)30-31(7,8)26(3,4)5)22(20)24(28)25-23(27)17(10-2)16-29-25/h9-11,13,16,21H,1-2,12,14-15H2,3-8H3. The molecule has 0 fully saturated rings. The highest BCUT2D eigenvalue weighted by Gasteiger charge is 2.47. The van der Waals surface area contributed by atoms with Crippen molar-refractivity contribution in [3.63, 3.8) is 0 Å². The van der Waals surface area contributed by atoms with Crippen LogP contribution in [0.3, 0.4) is 0 Å². The van der Waals surface area contributed by atoms with Gasteiger partial charge in [0, 0.05) is 22.1 Å². The Bertz CT molecular complexity index is 1080. The second kappa shape index (κ2) is 7.18. The molecule has 164 valence electrons. The minimum absolute atomic E-state index is 0.00976. The van der Waals surface area contributed by atoms with E-state index in [1.165, 1.54) is 5.56 Å². The molecule has 3 nitrogen and oxygen atoms in total. The smallest absolute Gasteiger partial charge is 0.229 e. The summed E-state index contributed by atoms with van der Waals surface area (Å²) in [6.07, 6.45) is 7.93. The molecule has 2 aliphatic rings. The van der Waals surface area contributed by atoms with Crippen LogP contribution in [0.4, 0.5) is 0 Å². The van der Waals surface area contributed by atoms with Gasteiger partial charge in [-0.3, -0.25) is 4.79 Å². The van der Waals surface area contributed by atoms with Crippen molar-refractivity contribution in [3.05, 3.63) is 76.8 Å². The molecule has 1 heterocycles. The predicted octanol–water partition coefficient (Wildman–Crippen LogP) is 7.36. The first kappa shape index (κ1) is 22.0. The summed E-state index contributed by atoms with van der Waals surface area (Å²) < 4.78 is 12.6. The molecule has 2 atom stereocenters. The first-order chi connectivity index (χ1) is 14.5. The number of allylic oxidation sites excluding steroid dienone is 1. The van der Waals surface area contributed by atoms with E-state index in [1.54, 1.807) is 12.3 Å². The van der Waals surface area contributed by atoms with Gasteiger partial charge in [0.1, 0.15) is 0 Å². The zero-order valence-corrected chi connectivity index (χ0v) is 20.7. The fourth-order valence-electron chi connectivity index (χ4n) is 5.05. The Kier molecular flexibility index (Phi) is 5.10. The zero-order valence-electron chi connectivity index (χ0n) is 19.7. The van der Waals surface area contributed by atoms with Crippen LogP contribution in [0.15, 0.2) is 42.0 Å². The molecule has 4 heteroatoms. The zero-order chi connectivity index (χ0) is 22.8. The van der Waals surface area contributed by atoms with E-state index >= 15 is 0 Å². The molecule has 0 saturated carbocycles. The van der Waals surface area contributed by atoms with Crippen LogP contribution in [0.5, 0.6) is 0 Å². The van der Waals surface area contributed by atoms with Crippen molar-refractivity contribution >= 4 is 20.2 Å². The summed E-state index contributed by atoms with van der Waals surface area (Å²) in [5, 5.41) is 0.145. The summed E-state index contributed by atoms with van der Waals surface area (Å²) >= 11 is 0. The van der Waals surface area contributed by atoms with E-state index in [2.05, 4.69) is 66.1 Å². The summed E-state index contributed by atoms with van der Waals surface area (Å²) in [6.45, 7) is 21.5. The molecular weight excluding hydrogens is 400 g/mol. The van der Waals surface area contributed by atoms with Crippen molar-refractivity contribution in [2.45, 2.75) is 76.6 Å². The van der Waals surface area contributed by atoms with Gasteiger partial charge in [-0.25, -0.2) is 0 Å². The molecule has 1 aromatic carbocycles. The van der Waals surface area contributed by atoms with Crippen LogP contribution in [0.2, 0.25) is 18.1 Å². The monoisotopic (exact) mass is 434 g/mol. The lowest BCUT2D eigenvalue weighted by Gasteiger charge is -2.39. The van der Waals surface area contributed by atoms with E-state index in [1.807, 2.05) is 6.08 Å². The fourth-order valence-corrected chi connectivity index (χ4v) is 6.36. The van der Waals surface area contributed by atoms with Gasteiger partial charge in [-0.1, -0.05) is 58.6 Å². The molecule has 0 bridgehead atoms. The molecule has 2 unspecified atom stereocenters. The van der Waals surface area contributed by atoms with Crippen LogP contribution in [-0.4, -0.2) is 14.1 Å². The van der Waals surface area contributed by atoms with E-state index < -0.39 is 8.32 Å². The van der Waals surface area contributed by atoms with Gasteiger partial charge in [0.2, 0.25) is 5.78 Å². The maximum Gasteiger partial charge on any atom is 0.229 e. The molecular formula is C27H34O3Si. The van der Waals surface area contributed by atoms with Crippen LogP contribution in [0, 0.1) is 0 Å². The third kappa shape index (κ3) is 3.14. The summed E-state index contributed by atoms with van der Waals surface area (Å²) in [4.78, 5) is 13.7.